The number of hydrogen-bond acceptors (Lipinski definition) is 4. The first-order valence-corrected chi connectivity index (χ1v) is 6.11. The molecule has 6 nitrogen and oxygen atoms in total. The van der Waals surface area contributed by atoms with E-state index in [9.17, 15) is 19.6 Å². The zero-order valence-corrected chi connectivity index (χ0v) is 11.2. The lowest BCUT2D eigenvalue weighted by atomic mass is 9.93. The number of guanidine groups is 1. The van der Waals surface area contributed by atoms with Gasteiger partial charge in [0.1, 0.15) is 11.6 Å². The van der Waals surface area contributed by atoms with E-state index in [1.165, 1.54) is 30.3 Å². The maximum Gasteiger partial charge on any atom is 0.262 e. The van der Waals surface area contributed by atoms with Gasteiger partial charge in [-0.2, -0.15) is 5.26 Å². The van der Waals surface area contributed by atoms with Crippen LogP contribution in [0.4, 0.5) is 4.39 Å². The number of phenols is 1. The quantitative estimate of drug-likeness (QED) is 0.497. The van der Waals surface area contributed by atoms with Crippen LogP contribution in [-0.2, 0) is 0 Å². The summed E-state index contributed by atoms with van der Waals surface area (Å²) in [6.45, 7) is 0. The highest BCUT2D eigenvalue weighted by Gasteiger charge is 2.21. The average Bonchev–Trinajstić information content (AvgIpc) is 2.46. The molecule has 0 heterocycles. The second kappa shape index (κ2) is 5.93. The molecular weight excluding hydrogens is 287 g/mol. The molecule has 0 radical (unpaired) electrons. The van der Waals surface area contributed by atoms with Gasteiger partial charge in [0.2, 0.25) is 0 Å². The maximum absolute atomic E-state index is 13.4. The Bertz CT molecular complexity index is 812. The van der Waals surface area contributed by atoms with Crippen molar-refractivity contribution in [2.75, 3.05) is 0 Å². The van der Waals surface area contributed by atoms with Crippen LogP contribution in [0, 0.1) is 22.6 Å². The second-order valence-corrected chi connectivity index (χ2v) is 4.37. The van der Waals surface area contributed by atoms with Gasteiger partial charge in [0.15, 0.2) is 5.96 Å². The van der Waals surface area contributed by atoms with Crippen LogP contribution >= 0.6 is 0 Å². The number of carbonyl (C=O) groups is 1. The van der Waals surface area contributed by atoms with Crippen LogP contribution in [0.3, 0.4) is 0 Å². The molecule has 1 amide bonds. The number of nitrogens with zero attached hydrogens (tertiary/aromatic N) is 1. The highest BCUT2D eigenvalue weighted by molar-refractivity contribution is 6.10. The standard InChI is InChI=1S/C15H11FN4O2/c16-10-3-1-2-8(6-10)12-9(7-17)4-5-11(21)13(12)14(22)20-15(18)19/h1-6,21H,(H4,18,19,20,22). The minimum Gasteiger partial charge on any atom is -0.507 e. The molecule has 0 aliphatic rings. The molecule has 5 N–H and O–H groups in total. The number of phenolic OH excluding ortho intramolecular Hbond substituents is 1. The summed E-state index contributed by atoms with van der Waals surface area (Å²) in [5, 5.41) is 28.3. The van der Waals surface area contributed by atoms with E-state index < -0.39 is 23.4 Å². The van der Waals surface area contributed by atoms with Crippen LogP contribution in [-0.4, -0.2) is 17.0 Å². The third-order valence-corrected chi connectivity index (χ3v) is 2.89. The minimum atomic E-state index is -0.860. The monoisotopic (exact) mass is 298 g/mol. The number of nitriles is 1. The van der Waals surface area contributed by atoms with Crippen LogP contribution in [0.5, 0.6) is 5.75 Å². The van der Waals surface area contributed by atoms with Crippen LogP contribution in [0.25, 0.3) is 11.1 Å². The number of aromatic hydroxyl groups is 1. The van der Waals surface area contributed by atoms with Crippen molar-refractivity contribution in [3.63, 3.8) is 0 Å². The third-order valence-electron chi connectivity index (χ3n) is 2.89. The van der Waals surface area contributed by atoms with Gasteiger partial charge in [0, 0.05) is 5.56 Å². The van der Waals surface area contributed by atoms with Crippen molar-refractivity contribution in [1.82, 2.24) is 5.32 Å². The van der Waals surface area contributed by atoms with E-state index in [-0.39, 0.29) is 22.3 Å². The Labute approximate surface area is 125 Å². The lowest BCUT2D eigenvalue weighted by Crippen LogP contribution is -2.36. The molecule has 0 unspecified atom stereocenters. The van der Waals surface area contributed by atoms with E-state index >= 15 is 0 Å². The number of carbonyl (C=O) groups excluding carboxylic acids is 1. The van der Waals surface area contributed by atoms with Gasteiger partial charge in [-0.1, -0.05) is 12.1 Å². The van der Waals surface area contributed by atoms with Gasteiger partial charge >= 0.3 is 0 Å². The normalized spacial score (nSPS) is 9.82. The summed E-state index contributed by atoms with van der Waals surface area (Å²) >= 11 is 0. The number of amides is 1. The molecule has 0 saturated carbocycles. The number of nitrogens with two attached hydrogens (primary N) is 1. The number of rotatable bonds is 2. The van der Waals surface area contributed by atoms with E-state index in [1.807, 2.05) is 11.4 Å². The van der Waals surface area contributed by atoms with Crippen LogP contribution in [0.1, 0.15) is 15.9 Å². The zero-order valence-electron chi connectivity index (χ0n) is 11.2. The van der Waals surface area contributed by atoms with Crippen molar-refractivity contribution in [2.45, 2.75) is 0 Å². The van der Waals surface area contributed by atoms with Gasteiger partial charge in [-0.05, 0) is 29.8 Å². The molecular formula is C15H11FN4O2. The summed E-state index contributed by atoms with van der Waals surface area (Å²) in [6.07, 6.45) is 0. The molecule has 7 heteroatoms. The molecule has 2 aromatic rings. The summed E-state index contributed by atoms with van der Waals surface area (Å²) in [5.41, 5.74) is 5.26. The van der Waals surface area contributed by atoms with E-state index in [2.05, 4.69) is 0 Å². The Morgan fingerprint density at radius 2 is 2.09 bits per heavy atom. The van der Waals surface area contributed by atoms with Gasteiger partial charge in [-0.15, -0.1) is 0 Å². The van der Waals surface area contributed by atoms with Crippen molar-refractivity contribution in [3.05, 3.63) is 53.3 Å². The van der Waals surface area contributed by atoms with Crippen molar-refractivity contribution in [2.24, 2.45) is 5.73 Å². The smallest absolute Gasteiger partial charge is 0.262 e. The summed E-state index contributed by atoms with van der Waals surface area (Å²) in [4.78, 5) is 12.1. The lowest BCUT2D eigenvalue weighted by molar-refractivity contribution is 0.0974. The number of halogens is 1. The second-order valence-electron chi connectivity index (χ2n) is 4.37. The van der Waals surface area contributed by atoms with Crippen molar-refractivity contribution in [3.8, 4) is 22.9 Å². The number of nitrogens with one attached hydrogen (secondary N) is 2. The summed E-state index contributed by atoms with van der Waals surface area (Å²) < 4.78 is 13.4. The topological polar surface area (TPSA) is 123 Å². The summed E-state index contributed by atoms with van der Waals surface area (Å²) in [7, 11) is 0. The molecule has 0 bridgehead atoms. The van der Waals surface area contributed by atoms with Gasteiger partial charge in [-0.25, -0.2) is 4.39 Å². The van der Waals surface area contributed by atoms with Crippen molar-refractivity contribution in [1.29, 1.82) is 10.7 Å². The van der Waals surface area contributed by atoms with E-state index in [1.54, 1.807) is 0 Å². The summed E-state index contributed by atoms with van der Waals surface area (Å²) in [5.74, 6) is -2.43. The zero-order chi connectivity index (χ0) is 16.3. The van der Waals surface area contributed by atoms with E-state index in [0.29, 0.717) is 0 Å². The molecule has 2 rings (SSSR count). The lowest BCUT2D eigenvalue weighted by Gasteiger charge is -2.13. The van der Waals surface area contributed by atoms with Crippen LogP contribution in [0.15, 0.2) is 36.4 Å². The molecule has 0 aliphatic heterocycles. The molecule has 2 aromatic carbocycles. The Kier molecular flexibility index (Phi) is 4.04. The molecule has 0 spiro atoms. The SMILES string of the molecule is N#Cc1ccc(O)c(C(=O)NC(=N)N)c1-c1cccc(F)c1. The number of hydrogen-bond donors (Lipinski definition) is 4. The highest BCUT2D eigenvalue weighted by atomic mass is 19.1. The fourth-order valence-electron chi connectivity index (χ4n) is 2.04. The van der Waals surface area contributed by atoms with E-state index in [0.717, 1.165) is 6.07 Å². The van der Waals surface area contributed by atoms with Gasteiger partial charge in [0.05, 0.1) is 17.2 Å². The molecule has 22 heavy (non-hydrogen) atoms. The number of benzene rings is 2. The fourth-order valence-corrected chi connectivity index (χ4v) is 2.04. The maximum atomic E-state index is 13.4. The Hall–Kier alpha value is -3.40. The first-order valence-electron chi connectivity index (χ1n) is 6.11. The minimum absolute atomic E-state index is 0.0701. The van der Waals surface area contributed by atoms with Crippen LogP contribution < -0.4 is 11.1 Å². The first kappa shape index (κ1) is 15.0. The van der Waals surface area contributed by atoms with Crippen LogP contribution in [0.2, 0.25) is 0 Å². The molecule has 0 fully saturated rings. The van der Waals surface area contributed by atoms with Gasteiger partial charge < -0.3 is 10.8 Å². The predicted molar refractivity (Wildman–Crippen MR) is 77.6 cm³/mol. The predicted octanol–water partition coefficient (Wildman–Crippen LogP) is 1.69. The summed E-state index contributed by atoms with van der Waals surface area (Å²) in [6, 6.07) is 9.66. The fraction of sp³-hybridized carbons (Fsp3) is 0. The van der Waals surface area contributed by atoms with Crippen molar-refractivity contribution < 1.29 is 14.3 Å². The Morgan fingerprint density at radius 1 is 1.36 bits per heavy atom. The van der Waals surface area contributed by atoms with Crippen molar-refractivity contribution >= 4 is 11.9 Å². The Balaban J connectivity index is 2.75. The molecule has 0 saturated heterocycles. The van der Waals surface area contributed by atoms with Gasteiger partial charge in [-0.3, -0.25) is 15.5 Å². The highest BCUT2D eigenvalue weighted by Crippen LogP contribution is 2.33. The third kappa shape index (κ3) is 2.86. The molecule has 0 aliphatic carbocycles. The van der Waals surface area contributed by atoms with E-state index in [4.69, 9.17) is 11.1 Å². The molecule has 0 aromatic heterocycles. The average molecular weight is 298 g/mol. The molecule has 0 atom stereocenters. The first-order chi connectivity index (χ1) is 10.4. The van der Waals surface area contributed by atoms with Gasteiger partial charge in [0.25, 0.3) is 5.91 Å². The largest absolute Gasteiger partial charge is 0.507 e. The molecule has 110 valence electrons. The Morgan fingerprint density at radius 3 is 2.68 bits per heavy atom.